The first-order valence-corrected chi connectivity index (χ1v) is 6.42. The normalized spacial score (nSPS) is 26.9. The largest absolute Gasteiger partial charge is 0.469 e. The van der Waals surface area contributed by atoms with Crippen LogP contribution in [-0.2, 0) is 23.8 Å². The second kappa shape index (κ2) is 7.36. The molecule has 104 valence electrons. The monoisotopic (exact) mass is 258 g/mol. The Balaban J connectivity index is 2.55. The summed E-state index contributed by atoms with van der Waals surface area (Å²) in [6.45, 7) is 2.08. The SMILES string of the molecule is CCC[C@H]1C[C@H](C(=O)OC)[C@@H](CCC(=O)OC)O1. The van der Waals surface area contributed by atoms with Crippen molar-refractivity contribution in [2.24, 2.45) is 5.92 Å². The number of methoxy groups -OCH3 is 2. The van der Waals surface area contributed by atoms with Gasteiger partial charge < -0.3 is 14.2 Å². The number of carbonyl (C=O) groups is 2. The fourth-order valence-corrected chi connectivity index (χ4v) is 2.37. The molecular formula is C13H22O5. The highest BCUT2D eigenvalue weighted by Gasteiger charge is 2.39. The van der Waals surface area contributed by atoms with E-state index in [1.54, 1.807) is 0 Å². The third-order valence-corrected chi connectivity index (χ3v) is 3.31. The molecule has 1 rings (SSSR count). The van der Waals surface area contributed by atoms with Crippen LogP contribution in [0.1, 0.15) is 39.0 Å². The van der Waals surface area contributed by atoms with Gasteiger partial charge in [-0.2, -0.15) is 0 Å². The number of hydrogen-bond donors (Lipinski definition) is 0. The molecule has 0 aromatic heterocycles. The molecule has 5 nitrogen and oxygen atoms in total. The molecule has 1 aliphatic heterocycles. The van der Waals surface area contributed by atoms with Crippen molar-refractivity contribution < 1.29 is 23.8 Å². The summed E-state index contributed by atoms with van der Waals surface area (Å²) < 4.78 is 15.2. The summed E-state index contributed by atoms with van der Waals surface area (Å²) in [5, 5.41) is 0. The Morgan fingerprint density at radius 2 is 1.94 bits per heavy atom. The Bertz CT molecular complexity index is 289. The van der Waals surface area contributed by atoms with E-state index in [9.17, 15) is 9.59 Å². The number of carbonyl (C=O) groups excluding carboxylic acids is 2. The maximum absolute atomic E-state index is 11.7. The van der Waals surface area contributed by atoms with Gasteiger partial charge in [-0.15, -0.1) is 0 Å². The lowest BCUT2D eigenvalue weighted by Crippen LogP contribution is -2.26. The average Bonchev–Trinajstić information content (AvgIpc) is 2.78. The predicted molar refractivity (Wildman–Crippen MR) is 64.9 cm³/mol. The van der Waals surface area contributed by atoms with Gasteiger partial charge in [0.25, 0.3) is 0 Å². The zero-order valence-corrected chi connectivity index (χ0v) is 11.3. The second-order valence-corrected chi connectivity index (χ2v) is 4.57. The molecule has 1 fully saturated rings. The minimum Gasteiger partial charge on any atom is -0.469 e. The summed E-state index contributed by atoms with van der Waals surface area (Å²) in [5.41, 5.74) is 0. The Morgan fingerprint density at radius 3 is 2.50 bits per heavy atom. The first kappa shape index (κ1) is 15.0. The minimum atomic E-state index is -0.277. The lowest BCUT2D eigenvalue weighted by atomic mass is 9.95. The van der Waals surface area contributed by atoms with Crippen molar-refractivity contribution in [2.45, 2.75) is 51.2 Å². The van der Waals surface area contributed by atoms with Crippen molar-refractivity contribution in [2.75, 3.05) is 14.2 Å². The van der Waals surface area contributed by atoms with Gasteiger partial charge >= 0.3 is 11.9 Å². The summed E-state index contributed by atoms with van der Waals surface area (Å²) in [7, 11) is 2.74. The Morgan fingerprint density at radius 1 is 1.22 bits per heavy atom. The number of rotatable bonds is 6. The zero-order chi connectivity index (χ0) is 13.5. The molecule has 1 saturated heterocycles. The molecule has 3 atom stereocenters. The van der Waals surface area contributed by atoms with Gasteiger partial charge in [0.2, 0.25) is 0 Å². The smallest absolute Gasteiger partial charge is 0.311 e. The lowest BCUT2D eigenvalue weighted by molar-refractivity contribution is -0.149. The van der Waals surface area contributed by atoms with Crippen LogP contribution in [0.2, 0.25) is 0 Å². The van der Waals surface area contributed by atoms with Crippen LogP contribution in [0.15, 0.2) is 0 Å². The fraction of sp³-hybridized carbons (Fsp3) is 0.846. The van der Waals surface area contributed by atoms with Crippen LogP contribution >= 0.6 is 0 Å². The molecule has 0 saturated carbocycles. The van der Waals surface area contributed by atoms with Gasteiger partial charge in [-0.3, -0.25) is 9.59 Å². The van der Waals surface area contributed by atoms with E-state index in [0.717, 1.165) is 12.8 Å². The van der Waals surface area contributed by atoms with E-state index < -0.39 is 0 Å². The predicted octanol–water partition coefficient (Wildman–Crippen LogP) is 1.69. The zero-order valence-electron chi connectivity index (χ0n) is 11.3. The molecule has 0 aromatic carbocycles. The van der Waals surface area contributed by atoms with Crippen molar-refractivity contribution >= 4 is 11.9 Å². The van der Waals surface area contributed by atoms with Crippen LogP contribution in [0.25, 0.3) is 0 Å². The van der Waals surface area contributed by atoms with E-state index in [0.29, 0.717) is 12.8 Å². The van der Waals surface area contributed by atoms with Gasteiger partial charge in [0.05, 0.1) is 32.3 Å². The van der Waals surface area contributed by atoms with E-state index in [2.05, 4.69) is 11.7 Å². The maximum Gasteiger partial charge on any atom is 0.311 e. The van der Waals surface area contributed by atoms with E-state index >= 15 is 0 Å². The van der Waals surface area contributed by atoms with Crippen molar-refractivity contribution in [1.82, 2.24) is 0 Å². The Labute approximate surface area is 108 Å². The van der Waals surface area contributed by atoms with E-state index in [1.807, 2.05) is 0 Å². The topological polar surface area (TPSA) is 61.8 Å². The second-order valence-electron chi connectivity index (χ2n) is 4.57. The molecule has 0 radical (unpaired) electrons. The third-order valence-electron chi connectivity index (χ3n) is 3.31. The summed E-state index contributed by atoms with van der Waals surface area (Å²) in [4.78, 5) is 22.8. The molecule has 0 aliphatic carbocycles. The van der Waals surface area contributed by atoms with Crippen molar-refractivity contribution in [3.8, 4) is 0 Å². The van der Waals surface area contributed by atoms with Crippen LogP contribution in [0.3, 0.4) is 0 Å². The summed E-state index contributed by atoms with van der Waals surface area (Å²) in [6, 6.07) is 0. The molecule has 0 unspecified atom stereocenters. The average molecular weight is 258 g/mol. The number of hydrogen-bond acceptors (Lipinski definition) is 5. The van der Waals surface area contributed by atoms with Crippen LogP contribution in [0.4, 0.5) is 0 Å². The molecule has 0 N–H and O–H groups in total. The molecule has 18 heavy (non-hydrogen) atoms. The lowest BCUT2D eigenvalue weighted by Gasteiger charge is -2.16. The number of ether oxygens (including phenoxy) is 3. The first-order valence-electron chi connectivity index (χ1n) is 6.42. The molecular weight excluding hydrogens is 236 g/mol. The van der Waals surface area contributed by atoms with Crippen LogP contribution < -0.4 is 0 Å². The molecule has 0 bridgehead atoms. The first-order chi connectivity index (χ1) is 8.62. The number of esters is 2. The van der Waals surface area contributed by atoms with Gasteiger partial charge in [-0.05, 0) is 19.3 Å². The van der Waals surface area contributed by atoms with Crippen LogP contribution in [0, 0.1) is 5.92 Å². The van der Waals surface area contributed by atoms with Gasteiger partial charge in [0.1, 0.15) is 0 Å². The minimum absolute atomic E-state index is 0.0988. The highest BCUT2D eigenvalue weighted by Crippen LogP contribution is 2.32. The van der Waals surface area contributed by atoms with Gasteiger partial charge in [-0.25, -0.2) is 0 Å². The van der Waals surface area contributed by atoms with Gasteiger partial charge in [-0.1, -0.05) is 13.3 Å². The highest BCUT2D eigenvalue weighted by molar-refractivity contribution is 5.74. The summed E-state index contributed by atoms with van der Waals surface area (Å²) in [5.74, 6) is -0.777. The summed E-state index contributed by atoms with van der Waals surface area (Å²) >= 11 is 0. The maximum atomic E-state index is 11.7. The van der Waals surface area contributed by atoms with E-state index in [1.165, 1.54) is 14.2 Å². The molecule has 0 aromatic rings. The Kier molecular flexibility index (Phi) is 6.12. The third kappa shape index (κ3) is 3.98. The molecule has 0 spiro atoms. The quantitative estimate of drug-likeness (QED) is 0.678. The Hall–Kier alpha value is -1.10. The van der Waals surface area contributed by atoms with Crippen LogP contribution in [0.5, 0.6) is 0 Å². The highest BCUT2D eigenvalue weighted by atomic mass is 16.5. The molecule has 1 aliphatic rings. The van der Waals surface area contributed by atoms with E-state index in [-0.39, 0.29) is 36.5 Å². The van der Waals surface area contributed by atoms with Gasteiger partial charge in [0.15, 0.2) is 0 Å². The molecule has 1 heterocycles. The van der Waals surface area contributed by atoms with Crippen LogP contribution in [-0.4, -0.2) is 38.4 Å². The van der Waals surface area contributed by atoms with Crippen molar-refractivity contribution in [3.63, 3.8) is 0 Å². The molecule has 5 heteroatoms. The standard InChI is InChI=1S/C13H22O5/c1-4-5-9-8-10(13(15)17-3)11(18-9)6-7-12(14)16-2/h9-11H,4-8H2,1-3H3/t9-,10-,11+/m0/s1. The molecule has 0 amide bonds. The van der Waals surface area contributed by atoms with Crippen molar-refractivity contribution in [3.05, 3.63) is 0 Å². The van der Waals surface area contributed by atoms with Gasteiger partial charge in [0, 0.05) is 6.42 Å². The summed E-state index contributed by atoms with van der Waals surface area (Å²) in [6.07, 6.45) is 3.28. The van der Waals surface area contributed by atoms with E-state index in [4.69, 9.17) is 9.47 Å². The fourth-order valence-electron chi connectivity index (χ4n) is 2.37. The van der Waals surface area contributed by atoms with Crippen molar-refractivity contribution in [1.29, 1.82) is 0 Å².